The monoisotopic (exact) mass is 235 g/mol. The van der Waals surface area contributed by atoms with Gasteiger partial charge in [0.1, 0.15) is 0 Å². The van der Waals surface area contributed by atoms with Gasteiger partial charge >= 0.3 is 11.8 Å². The maximum atomic E-state index is 11.2. The normalized spacial score (nSPS) is 28.4. The number of nitrogens with two attached hydrogens (primary N) is 1. The number of hydrogen-bond acceptors (Lipinski definition) is 5. The highest BCUT2D eigenvalue weighted by Gasteiger charge is 2.40. The van der Waals surface area contributed by atoms with Crippen LogP contribution in [-0.2, 0) is 19.4 Å². The first-order valence-corrected chi connectivity index (χ1v) is 6.14. The Kier molecular flexibility index (Phi) is 3.00. The number of hydrazine groups is 1. The molecule has 7 nitrogen and oxygen atoms in total. The van der Waals surface area contributed by atoms with Gasteiger partial charge in [0, 0.05) is 0 Å². The number of sulfone groups is 1. The van der Waals surface area contributed by atoms with Crippen molar-refractivity contribution in [2.45, 2.75) is 18.9 Å². The van der Waals surface area contributed by atoms with Crippen molar-refractivity contribution in [3.05, 3.63) is 0 Å². The van der Waals surface area contributed by atoms with Gasteiger partial charge in [-0.15, -0.1) is 0 Å². The molecule has 1 aliphatic rings. The van der Waals surface area contributed by atoms with Gasteiger partial charge in [-0.05, 0) is 13.3 Å². The summed E-state index contributed by atoms with van der Waals surface area (Å²) in [5, 5.41) is 2.35. The average Bonchev–Trinajstić information content (AvgIpc) is 2.39. The lowest BCUT2D eigenvalue weighted by Crippen LogP contribution is -2.53. The summed E-state index contributed by atoms with van der Waals surface area (Å²) >= 11 is 0. The van der Waals surface area contributed by atoms with Crippen LogP contribution in [0.5, 0.6) is 0 Å². The molecule has 1 aliphatic heterocycles. The van der Waals surface area contributed by atoms with Gasteiger partial charge in [0.25, 0.3) is 0 Å². The summed E-state index contributed by atoms with van der Waals surface area (Å²) in [4.78, 5) is 22.0. The number of amides is 2. The highest BCUT2D eigenvalue weighted by atomic mass is 32.2. The summed E-state index contributed by atoms with van der Waals surface area (Å²) in [7, 11) is -3.11. The van der Waals surface area contributed by atoms with E-state index in [4.69, 9.17) is 5.84 Å². The van der Waals surface area contributed by atoms with Crippen LogP contribution in [0.2, 0.25) is 0 Å². The van der Waals surface area contributed by atoms with Crippen molar-refractivity contribution in [3.8, 4) is 0 Å². The van der Waals surface area contributed by atoms with Crippen LogP contribution in [0.25, 0.3) is 0 Å². The van der Waals surface area contributed by atoms with Crippen molar-refractivity contribution in [1.82, 2.24) is 10.7 Å². The van der Waals surface area contributed by atoms with Gasteiger partial charge in [0.2, 0.25) is 0 Å². The molecule has 1 atom stereocenters. The molecular formula is C7H13N3O4S. The van der Waals surface area contributed by atoms with Crippen molar-refractivity contribution in [2.24, 2.45) is 5.84 Å². The van der Waals surface area contributed by atoms with E-state index in [-0.39, 0.29) is 11.5 Å². The highest BCUT2D eigenvalue weighted by molar-refractivity contribution is 7.91. The minimum absolute atomic E-state index is 0.0218. The van der Waals surface area contributed by atoms with Crippen LogP contribution in [-0.4, -0.2) is 37.3 Å². The molecule has 1 fully saturated rings. The highest BCUT2D eigenvalue weighted by Crippen LogP contribution is 2.22. The zero-order valence-electron chi connectivity index (χ0n) is 8.24. The van der Waals surface area contributed by atoms with Crippen LogP contribution in [0, 0.1) is 0 Å². The Balaban J connectivity index is 2.67. The Morgan fingerprint density at radius 3 is 2.33 bits per heavy atom. The SMILES string of the molecule is CC1(NC(=O)C(=O)NN)CCS(=O)(=O)C1. The number of carbonyl (C=O) groups excluding carboxylic acids is 2. The van der Waals surface area contributed by atoms with Crippen LogP contribution in [0.1, 0.15) is 13.3 Å². The minimum Gasteiger partial charge on any atom is -0.342 e. The molecule has 4 N–H and O–H groups in total. The van der Waals surface area contributed by atoms with E-state index in [0.717, 1.165) is 0 Å². The first-order valence-electron chi connectivity index (χ1n) is 4.31. The smallest absolute Gasteiger partial charge is 0.323 e. The fourth-order valence-corrected chi connectivity index (χ4v) is 3.60. The third-order valence-electron chi connectivity index (χ3n) is 2.26. The standard InChI is InChI=1S/C7H13N3O4S/c1-7(2-3-15(13,14)4-7)9-5(11)6(12)10-8/h2-4,8H2,1H3,(H,9,11)(H,10,12). The average molecular weight is 235 g/mol. The van der Waals surface area contributed by atoms with E-state index in [1.807, 2.05) is 0 Å². The molecule has 0 saturated carbocycles. The summed E-state index contributed by atoms with van der Waals surface area (Å²) < 4.78 is 22.4. The van der Waals surface area contributed by atoms with Crippen LogP contribution < -0.4 is 16.6 Å². The predicted octanol–water partition coefficient (Wildman–Crippen LogP) is -2.33. The Morgan fingerprint density at radius 2 is 1.93 bits per heavy atom. The molecule has 0 aromatic carbocycles. The Bertz CT molecular complexity index is 391. The maximum Gasteiger partial charge on any atom is 0.323 e. The molecule has 86 valence electrons. The summed E-state index contributed by atoms with van der Waals surface area (Å²) in [6.45, 7) is 1.58. The van der Waals surface area contributed by atoms with Gasteiger partial charge in [-0.2, -0.15) is 0 Å². The number of hydrogen-bond donors (Lipinski definition) is 3. The molecule has 8 heteroatoms. The third kappa shape index (κ3) is 2.90. The first kappa shape index (κ1) is 11.9. The molecule has 1 saturated heterocycles. The van der Waals surface area contributed by atoms with Gasteiger partial charge in [0.15, 0.2) is 9.84 Å². The second-order valence-electron chi connectivity index (χ2n) is 3.83. The predicted molar refractivity (Wildman–Crippen MR) is 52.1 cm³/mol. The van der Waals surface area contributed by atoms with E-state index in [0.29, 0.717) is 6.42 Å². The molecule has 0 radical (unpaired) electrons. The molecule has 0 aliphatic carbocycles. The fourth-order valence-electron chi connectivity index (χ4n) is 1.51. The van der Waals surface area contributed by atoms with Crippen molar-refractivity contribution in [1.29, 1.82) is 0 Å². The van der Waals surface area contributed by atoms with E-state index < -0.39 is 27.2 Å². The molecule has 2 amide bonds. The summed E-state index contributed by atoms with van der Waals surface area (Å²) in [5.41, 5.74) is 0.804. The molecule has 0 bridgehead atoms. The largest absolute Gasteiger partial charge is 0.342 e. The first-order chi connectivity index (χ1) is 6.78. The van der Waals surface area contributed by atoms with Crippen molar-refractivity contribution < 1.29 is 18.0 Å². The van der Waals surface area contributed by atoms with Crippen LogP contribution in [0.4, 0.5) is 0 Å². The molecule has 0 aromatic rings. The van der Waals surface area contributed by atoms with E-state index in [1.54, 1.807) is 12.3 Å². The Labute approximate surface area is 87.3 Å². The van der Waals surface area contributed by atoms with E-state index in [9.17, 15) is 18.0 Å². The second kappa shape index (κ2) is 3.78. The lowest BCUT2D eigenvalue weighted by atomic mass is 10.0. The summed E-state index contributed by atoms with van der Waals surface area (Å²) in [6.07, 6.45) is 0.304. The zero-order chi connectivity index (χ0) is 11.7. The van der Waals surface area contributed by atoms with Gasteiger partial charge < -0.3 is 5.32 Å². The molecule has 1 heterocycles. The van der Waals surface area contributed by atoms with Gasteiger partial charge in [-0.25, -0.2) is 14.3 Å². The zero-order valence-corrected chi connectivity index (χ0v) is 9.06. The van der Waals surface area contributed by atoms with E-state index in [1.165, 1.54) is 0 Å². The molecule has 1 unspecified atom stereocenters. The van der Waals surface area contributed by atoms with Crippen molar-refractivity contribution in [2.75, 3.05) is 11.5 Å². The van der Waals surface area contributed by atoms with Gasteiger partial charge in [0.05, 0.1) is 17.0 Å². The molecule has 1 rings (SSSR count). The van der Waals surface area contributed by atoms with Gasteiger partial charge in [-0.1, -0.05) is 0 Å². The van der Waals surface area contributed by atoms with Crippen LogP contribution in [0.15, 0.2) is 0 Å². The maximum absolute atomic E-state index is 11.2. The topological polar surface area (TPSA) is 118 Å². The Morgan fingerprint density at radius 1 is 1.33 bits per heavy atom. The quantitative estimate of drug-likeness (QED) is 0.204. The molecule has 0 spiro atoms. The van der Waals surface area contributed by atoms with E-state index >= 15 is 0 Å². The summed E-state index contributed by atoms with van der Waals surface area (Å²) in [5.74, 6) is 2.73. The second-order valence-corrected chi connectivity index (χ2v) is 6.01. The van der Waals surface area contributed by atoms with Crippen LogP contribution in [0.3, 0.4) is 0 Å². The van der Waals surface area contributed by atoms with E-state index in [2.05, 4.69) is 5.32 Å². The lowest BCUT2D eigenvalue weighted by Gasteiger charge is -2.22. The lowest BCUT2D eigenvalue weighted by molar-refractivity contribution is -0.140. The Hall–Kier alpha value is -1.15. The summed E-state index contributed by atoms with van der Waals surface area (Å²) in [6, 6.07) is 0. The fraction of sp³-hybridized carbons (Fsp3) is 0.714. The number of carbonyl (C=O) groups is 2. The molecule has 15 heavy (non-hydrogen) atoms. The van der Waals surface area contributed by atoms with Gasteiger partial charge in [-0.3, -0.25) is 15.0 Å². The van der Waals surface area contributed by atoms with Crippen LogP contribution >= 0.6 is 0 Å². The minimum atomic E-state index is -3.11. The number of nitrogens with one attached hydrogen (secondary N) is 2. The van der Waals surface area contributed by atoms with Crippen molar-refractivity contribution >= 4 is 21.7 Å². The third-order valence-corrected chi connectivity index (χ3v) is 4.16. The molecular weight excluding hydrogens is 222 g/mol. The van der Waals surface area contributed by atoms with Crippen molar-refractivity contribution in [3.63, 3.8) is 0 Å². The molecule has 0 aromatic heterocycles. The number of rotatable bonds is 1.